The molecule has 0 spiro atoms. The Labute approximate surface area is 190 Å². The molecule has 9 heteroatoms. The van der Waals surface area contributed by atoms with Crippen LogP contribution in [-0.4, -0.2) is 34.9 Å². The molecule has 1 saturated heterocycles. The average Bonchev–Trinajstić information content (AvgIpc) is 3.30. The second kappa shape index (κ2) is 10.5. The molecule has 0 bridgehead atoms. The summed E-state index contributed by atoms with van der Waals surface area (Å²) >= 11 is 1.13. The van der Waals surface area contributed by atoms with E-state index in [0.717, 1.165) is 30.5 Å². The lowest BCUT2D eigenvalue weighted by Crippen LogP contribution is -2.29. The molecule has 0 radical (unpaired) electrons. The third-order valence-electron chi connectivity index (χ3n) is 5.11. The van der Waals surface area contributed by atoms with Crippen LogP contribution in [0.15, 0.2) is 58.2 Å². The lowest BCUT2D eigenvalue weighted by Gasteiger charge is -2.28. The third-order valence-corrected chi connectivity index (χ3v) is 5.93. The van der Waals surface area contributed by atoms with Crippen molar-refractivity contribution < 1.29 is 18.3 Å². The van der Waals surface area contributed by atoms with Crippen molar-refractivity contribution in [1.82, 2.24) is 10.2 Å². The Morgan fingerprint density at radius 2 is 1.91 bits per heavy atom. The zero-order chi connectivity index (χ0) is 22.3. The molecular formula is C23H25FN4O3S. The van der Waals surface area contributed by atoms with Crippen molar-refractivity contribution in [2.24, 2.45) is 0 Å². The highest BCUT2D eigenvalue weighted by Crippen LogP contribution is 2.26. The normalized spacial score (nSPS) is 14.8. The van der Waals surface area contributed by atoms with Crippen LogP contribution in [0.5, 0.6) is 5.75 Å². The number of halogens is 1. The number of hydrogen-bond donors (Lipinski definition) is 1. The van der Waals surface area contributed by atoms with Gasteiger partial charge in [-0.2, -0.15) is 0 Å². The highest BCUT2D eigenvalue weighted by Gasteiger charge is 2.18. The van der Waals surface area contributed by atoms with Crippen LogP contribution in [0.2, 0.25) is 0 Å². The predicted molar refractivity (Wildman–Crippen MR) is 122 cm³/mol. The monoisotopic (exact) mass is 456 g/mol. The first-order valence-electron chi connectivity index (χ1n) is 10.6. The SMILES string of the molecule is C[C@@H](Oc1ccccc1F)c1nnc(SCC(=O)Nc2ccc(N3CCCCC3)cc2)o1. The fraction of sp³-hybridized carbons (Fsp3) is 0.348. The van der Waals surface area contributed by atoms with E-state index >= 15 is 0 Å². The topological polar surface area (TPSA) is 80.5 Å². The van der Waals surface area contributed by atoms with E-state index < -0.39 is 11.9 Å². The molecular weight excluding hydrogens is 431 g/mol. The number of para-hydroxylation sites is 1. The maximum absolute atomic E-state index is 13.7. The van der Waals surface area contributed by atoms with Crippen molar-refractivity contribution >= 4 is 29.0 Å². The number of benzene rings is 2. The first-order valence-corrected chi connectivity index (χ1v) is 11.6. The van der Waals surface area contributed by atoms with Crippen LogP contribution < -0.4 is 15.0 Å². The zero-order valence-electron chi connectivity index (χ0n) is 17.8. The molecule has 168 valence electrons. The van der Waals surface area contributed by atoms with Crippen LogP contribution in [0.4, 0.5) is 15.8 Å². The number of amides is 1. The molecule has 1 amide bonds. The van der Waals surface area contributed by atoms with Crippen LogP contribution in [0.25, 0.3) is 0 Å². The number of ether oxygens (including phenoxy) is 1. The second-order valence-corrected chi connectivity index (χ2v) is 8.45. The number of carbonyl (C=O) groups excluding carboxylic acids is 1. The van der Waals surface area contributed by atoms with Crippen molar-refractivity contribution in [2.45, 2.75) is 37.5 Å². The van der Waals surface area contributed by atoms with Crippen molar-refractivity contribution in [3.63, 3.8) is 0 Å². The largest absolute Gasteiger partial charge is 0.478 e. The summed E-state index contributed by atoms with van der Waals surface area (Å²) in [5, 5.41) is 11.0. The molecule has 1 N–H and O–H groups in total. The molecule has 3 aromatic rings. The fourth-order valence-electron chi connectivity index (χ4n) is 3.46. The van der Waals surface area contributed by atoms with Gasteiger partial charge in [-0.15, -0.1) is 10.2 Å². The van der Waals surface area contributed by atoms with E-state index in [4.69, 9.17) is 9.15 Å². The number of piperidine rings is 1. The molecule has 0 unspecified atom stereocenters. The van der Waals surface area contributed by atoms with Crippen LogP contribution in [0.3, 0.4) is 0 Å². The Morgan fingerprint density at radius 3 is 2.66 bits per heavy atom. The number of rotatable bonds is 8. The molecule has 1 atom stereocenters. The molecule has 1 aliphatic heterocycles. The molecule has 2 aromatic carbocycles. The van der Waals surface area contributed by atoms with E-state index in [1.54, 1.807) is 19.1 Å². The lowest BCUT2D eigenvalue weighted by molar-refractivity contribution is -0.113. The standard InChI is InChI=1S/C23H25FN4O3S/c1-16(30-20-8-4-3-7-19(20)24)22-26-27-23(31-22)32-15-21(29)25-17-9-11-18(12-10-17)28-13-5-2-6-14-28/h3-4,7-12,16H,2,5-6,13-15H2,1H3,(H,25,29)/t16-/m1/s1. The second-order valence-electron chi connectivity index (χ2n) is 7.53. The number of nitrogens with zero attached hydrogens (tertiary/aromatic N) is 3. The van der Waals surface area contributed by atoms with Gasteiger partial charge in [-0.1, -0.05) is 23.9 Å². The van der Waals surface area contributed by atoms with E-state index in [-0.39, 0.29) is 28.5 Å². The Balaban J connectivity index is 1.25. The fourth-order valence-corrected chi connectivity index (χ4v) is 4.03. The van der Waals surface area contributed by atoms with Crippen LogP contribution in [-0.2, 0) is 4.79 Å². The molecule has 32 heavy (non-hydrogen) atoms. The van der Waals surface area contributed by atoms with E-state index in [9.17, 15) is 9.18 Å². The molecule has 4 rings (SSSR count). The van der Waals surface area contributed by atoms with E-state index in [1.165, 1.54) is 37.1 Å². The number of aromatic nitrogens is 2. The van der Waals surface area contributed by atoms with Crippen LogP contribution >= 0.6 is 11.8 Å². The predicted octanol–water partition coefficient (Wildman–Crippen LogP) is 5.07. The van der Waals surface area contributed by atoms with Gasteiger partial charge in [-0.3, -0.25) is 4.79 Å². The summed E-state index contributed by atoms with van der Waals surface area (Å²) in [5.74, 6) is -0.189. The van der Waals surface area contributed by atoms with Crippen molar-refractivity contribution in [3.8, 4) is 5.75 Å². The van der Waals surface area contributed by atoms with Gasteiger partial charge in [0.1, 0.15) is 0 Å². The van der Waals surface area contributed by atoms with Gasteiger partial charge in [-0.25, -0.2) is 4.39 Å². The van der Waals surface area contributed by atoms with Crippen LogP contribution in [0, 0.1) is 5.82 Å². The van der Waals surface area contributed by atoms with Gasteiger partial charge in [0, 0.05) is 24.5 Å². The lowest BCUT2D eigenvalue weighted by atomic mass is 10.1. The number of hydrogen-bond acceptors (Lipinski definition) is 7. The maximum Gasteiger partial charge on any atom is 0.277 e. The summed E-state index contributed by atoms with van der Waals surface area (Å²) in [6, 6.07) is 14.0. The van der Waals surface area contributed by atoms with E-state index in [0.29, 0.717) is 0 Å². The van der Waals surface area contributed by atoms with Gasteiger partial charge >= 0.3 is 0 Å². The zero-order valence-corrected chi connectivity index (χ0v) is 18.6. The quantitative estimate of drug-likeness (QED) is 0.474. The summed E-state index contributed by atoms with van der Waals surface area (Å²) in [6.45, 7) is 3.85. The Bertz CT molecular complexity index is 1040. The van der Waals surface area contributed by atoms with Gasteiger partial charge in [0.05, 0.1) is 5.75 Å². The molecule has 1 aromatic heterocycles. The van der Waals surface area contributed by atoms with Crippen molar-refractivity contribution in [3.05, 3.63) is 60.2 Å². The highest BCUT2D eigenvalue weighted by molar-refractivity contribution is 7.99. The Morgan fingerprint density at radius 1 is 1.16 bits per heavy atom. The minimum absolute atomic E-state index is 0.109. The molecule has 1 aliphatic rings. The Hall–Kier alpha value is -3.07. The van der Waals surface area contributed by atoms with Gasteiger partial charge in [0.25, 0.3) is 11.1 Å². The summed E-state index contributed by atoms with van der Waals surface area (Å²) in [7, 11) is 0. The van der Waals surface area contributed by atoms with Gasteiger partial charge in [0.2, 0.25) is 5.91 Å². The molecule has 7 nitrogen and oxygen atoms in total. The van der Waals surface area contributed by atoms with Gasteiger partial charge in [0.15, 0.2) is 17.7 Å². The maximum atomic E-state index is 13.7. The van der Waals surface area contributed by atoms with Crippen LogP contribution in [0.1, 0.15) is 38.2 Å². The summed E-state index contributed by atoms with van der Waals surface area (Å²) in [4.78, 5) is 14.7. The average molecular weight is 457 g/mol. The summed E-state index contributed by atoms with van der Waals surface area (Å²) in [5.41, 5.74) is 1.93. The molecule has 1 fully saturated rings. The first-order chi connectivity index (χ1) is 15.6. The molecule has 2 heterocycles. The number of carbonyl (C=O) groups is 1. The smallest absolute Gasteiger partial charge is 0.277 e. The Kier molecular flexibility index (Phi) is 7.26. The molecule has 0 saturated carbocycles. The number of thioether (sulfide) groups is 1. The minimum Gasteiger partial charge on any atom is -0.478 e. The first kappa shape index (κ1) is 22.1. The number of nitrogens with one attached hydrogen (secondary N) is 1. The number of anilines is 2. The van der Waals surface area contributed by atoms with Gasteiger partial charge < -0.3 is 19.4 Å². The van der Waals surface area contributed by atoms with Crippen molar-refractivity contribution in [2.75, 3.05) is 29.1 Å². The van der Waals surface area contributed by atoms with Gasteiger partial charge in [-0.05, 0) is 62.6 Å². The summed E-state index contributed by atoms with van der Waals surface area (Å²) in [6.07, 6.45) is 3.12. The molecule has 0 aliphatic carbocycles. The minimum atomic E-state index is -0.624. The summed E-state index contributed by atoms with van der Waals surface area (Å²) < 4.78 is 24.8. The van der Waals surface area contributed by atoms with E-state index in [1.807, 2.05) is 24.3 Å². The third kappa shape index (κ3) is 5.79. The van der Waals surface area contributed by atoms with E-state index in [2.05, 4.69) is 20.4 Å². The van der Waals surface area contributed by atoms with Crippen molar-refractivity contribution in [1.29, 1.82) is 0 Å². The highest BCUT2D eigenvalue weighted by atomic mass is 32.2.